The van der Waals surface area contributed by atoms with Crippen molar-refractivity contribution in [1.29, 1.82) is 0 Å². The molecule has 2 aromatic heterocycles. The van der Waals surface area contributed by atoms with Crippen LogP contribution >= 0.6 is 0 Å². The number of nitrogens with zero attached hydrogens (tertiary/aromatic N) is 4. The maximum atomic E-state index is 12.2. The smallest absolute Gasteiger partial charge is 0.251 e. The van der Waals surface area contributed by atoms with E-state index in [1.165, 1.54) is 0 Å². The number of carbonyl (C=O) groups excluding carboxylic acids is 1. The van der Waals surface area contributed by atoms with Crippen LogP contribution in [-0.2, 0) is 6.54 Å². The first-order chi connectivity index (χ1) is 12.2. The minimum atomic E-state index is -0.350. The number of imidazole rings is 1. The summed E-state index contributed by atoms with van der Waals surface area (Å²) >= 11 is 0. The van der Waals surface area contributed by atoms with Crippen LogP contribution in [0, 0.1) is 0 Å². The minimum absolute atomic E-state index is 0.00646. The van der Waals surface area contributed by atoms with Gasteiger partial charge in [0, 0.05) is 5.56 Å². The van der Waals surface area contributed by atoms with E-state index in [9.17, 15) is 9.90 Å². The van der Waals surface area contributed by atoms with E-state index in [1.807, 2.05) is 12.1 Å². The molecule has 128 valence electrons. The zero-order valence-electron chi connectivity index (χ0n) is 13.5. The van der Waals surface area contributed by atoms with Crippen LogP contribution in [-0.4, -0.2) is 42.1 Å². The average molecular weight is 338 g/mol. The number of hydrogen-bond donors (Lipinski definition) is 3. The first kappa shape index (κ1) is 15.5. The number of aromatic amines is 1. The summed E-state index contributed by atoms with van der Waals surface area (Å²) in [6.45, 7) is 0.296. The Bertz CT molecular complexity index is 856. The molecule has 2 heterocycles. The van der Waals surface area contributed by atoms with Crippen molar-refractivity contribution in [3.8, 4) is 11.3 Å². The Balaban J connectivity index is 1.36. The van der Waals surface area contributed by atoms with Crippen molar-refractivity contribution >= 4 is 5.91 Å². The van der Waals surface area contributed by atoms with Crippen LogP contribution in [0.4, 0.5) is 0 Å². The van der Waals surface area contributed by atoms with Crippen molar-refractivity contribution in [3.63, 3.8) is 0 Å². The number of hydrogen-bond acceptors (Lipinski definition) is 5. The molecule has 1 saturated carbocycles. The highest BCUT2D eigenvalue weighted by atomic mass is 16.3. The predicted octanol–water partition coefficient (Wildman–Crippen LogP) is 1.29. The highest BCUT2D eigenvalue weighted by molar-refractivity contribution is 5.94. The van der Waals surface area contributed by atoms with Gasteiger partial charge in [-0.3, -0.25) is 4.79 Å². The summed E-state index contributed by atoms with van der Waals surface area (Å²) in [6, 6.07) is 7.29. The van der Waals surface area contributed by atoms with Gasteiger partial charge in [0.05, 0.1) is 43.1 Å². The Morgan fingerprint density at radius 1 is 1.32 bits per heavy atom. The van der Waals surface area contributed by atoms with Crippen molar-refractivity contribution in [2.75, 3.05) is 0 Å². The van der Waals surface area contributed by atoms with Gasteiger partial charge in [-0.15, -0.1) is 5.10 Å². The van der Waals surface area contributed by atoms with Crippen LogP contribution in [0.15, 0.2) is 43.0 Å². The first-order valence-electron chi connectivity index (χ1n) is 8.16. The van der Waals surface area contributed by atoms with Gasteiger partial charge in [0.1, 0.15) is 5.69 Å². The van der Waals surface area contributed by atoms with Gasteiger partial charge >= 0.3 is 0 Å². The summed E-state index contributed by atoms with van der Waals surface area (Å²) in [7, 11) is 0. The largest absolute Gasteiger partial charge is 0.391 e. The van der Waals surface area contributed by atoms with Gasteiger partial charge in [-0.25, -0.2) is 9.67 Å². The number of aliphatic hydroxyl groups excluding tert-OH is 1. The van der Waals surface area contributed by atoms with Crippen molar-refractivity contribution < 1.29 is 9.90 Å². The SMILES string of the molecule is O=C(NCc1cn([C@@H]2CC[C@H]2O)nn1)c1ccc(-c2cnc[nH]2)cc1. The monoisotopic (exact) mass is 338 g/mol. The fourth-order valence-corrected chi connectivity index (χ4v) is 2.82. The number of benzene rings is 1. The van der Waals surface area contributed by atoms with Crippen LogP contribution in [0.2, 0.25) is 0 Å². The molecule has 2 atom stereocenters. The number of nitrogens with one attached hydrogen (secondary N) is 2. The average Bonchev–Trinajstić information content (AvgIpc) is 3.31. The van der Waals surface area contributed by atoms with Gasteiger partial charge in [-0.05, 0) is 30.5 Å². The second-order valence-corrected chi connectivity index (χ2v) is 6.13. The molecule has 1 aliphatic carbocycles. The summed E-state index contributed by atoms with van der Waals surface area (Å²) in [5.41, 5.74) is 3.12. The minimum Gasteiger partial charge on any atom is -0.391 e. The number of aromatic nitrogens is 5. The number of aliphatic hydroxyl groups is 1. The van der Waals surface area contributed by atoms with Crippen LogP contribution in [0.5, 0.6) is 0 Å². The molecule has 25 heavy (non-hydrogen) atoms. The van der Waals surface area contributed by atoms with Gasteiger partial charge in [-0.2, -0.15) is 0 Å². The lowest BCUT2D eigenvalue weighted by Crippen LogP contribution is -2.34. The third-order valence-corrected chi connectivity index (χ3v) is 4.49. The molecule has 8 heteroatoms. The van der Waals surface area contributed by atoms with E-state index in [2.05, 4.69) is 25.6 Å². The Morgan fingerprint density at radius 3 is 2.80 bits per heavy atom. The zero-order chi connectivity index (χ0) is 17.2. The number of H-pyrrole nitrogens is 1. The Morgan fingerprint density at radius 2 is 2.16 bits per heavy atom. The predicted molar refractivity (Wildman–Crippen MR) is 89.5 cm³/mol. The topological polar surface area (TPSA) is 109 Å². The van der Waals surface area contributed by atoms with E-state index in [4.69, 9.17) is 0 Å². The van der Waals surface area contributed by atoms with Gasteiger partial charge in [0.2, 0.25) is 0 Å². The molecule has 0 bridgehead atoms. The number of rotatable bonds is 5. The third kappa shape index (κ3) is 3.16. The summed E-state index contributed by atoms with van der Waals surface area (Å²) in [5, 5.41) is 20.6. The van der Waals surface area contributed by atoms with Crippen molar-refractivity contribution in [1.82, 2.24) is 30.3 Å². The van der Waals surface area contributed by atoms with Crippen LogP contribution in [0.1, 0.15) is 34.9 Å². The molecule has 0 spiro atoms. The van der Waals surface area contributed by atoms with E-state index in [1.54, 1.807) is 35.5 Å². The molecule has 0 unspecified atom stereocenters. The highest BCUT2D eigenvalue weighted by Gasteiger charge is 2.31. The molecular weight excluding hydrogens is 320 g/mol. The van der Waals surface area contributed by atoms with Gasteiger partial charge in [-0.1, -0.05) is 17.3 Å². The maximum Gasteiger partial charge on any atom is 0.251 e. The lowest BCUT2D eigenvalue weighted by molar-refractivity contribution is 0.0244. The van der Waals surface area contributed by atoms with Gasteiger partial charge < -0.3 is 15.4 Å². The van der Waals surface area contributed by atoms with E-state index >= 15 is 0 Å². The molecule has 3 N–H and O–H groups in total. The fraction of sp³-hybridized carbons (Fsp3) is 0.294. The molecule has 1 aliphatic rings. The quantitative estimate of drug-likeness (QED) is 0.650. The zero-order valence-corrected chi connectivity index (χ0v) is 13.5. The summed E-state index contributed by atoms with van der Waals surface area (Å²) in [6.07, 6.45) is 6.47. The Kier molecular flexibility index (Phi) is 4.02. The normalized spacial score (nSPS) is 19.4. The van der Waals surface area contributed by atoms with E-state index in [0.717, 1.165) is 24.1 Å². The van der Waals surface area contributed by atoms with E-state index in [0.29, 0.717) is 17.8 Å². The van der Waals surface area contributed by atoms with E-state index < -0.39 is 0 Å². The van der Waals surface area contributed by atoms with Crippen molar-refractivity contribution in [2.45, 2.75) is 31.5 Å². The summed E-state index contributed by atoms with van der Waals surface area (Å²) in [4.78, 5) is 19.3. The standard InChI is InChI=1S/C17H18N6O2/c24-16-6-5-15(16)23-9-13(21-22-23)7-19-17(25)12-3-1-11(2-4-12)14-8-18-10-20-14/h1-4,8-10,15-16,24H,5-7H2,(H,18,20)(H,19,25)/t15-,16-/m1/s1. The van der Waals surface area contributed by atoms with Crippen molar-refractivity contribution in [3.05, 3.63) is 54.2 Å². The van der Waals surface area contributed by atoms with Gasteiger partial charge in [0.25, 0.3) is 5.91 Å². The third-order valence-electron chi connectivity index (χ3n) is 4.49. The van der Waals surface area contributed by atoms with Crippen LogP contribution in [0.25, 0.3) is 11.3 Å². The fourth-order valence-electron chi connectivity index (χ4n) is 2.82. The molecule has 0 saturated heterocycles. The first-order valence-corrected chi connectivity index (χ1v) is 8.16. The number of carbonyl (C=O) groups is 1. The van der Waals surface area contributed by atoms with Crippen LogP contribution in [0.3, 0.4) is 0 Å². The molecule has 0 radical (unpaired) electrons. The molecule has 3 aromatic rings. The molecule has 4 rings (SSSR count). The Hall–Kier alpha value is -3.00. The second kappa shape index (κ2) is 6.48. The molecule has 1 fully saturated rings. The molecule has 1 aromatic carbocycles. The summed E-state index contributed by atoms with van der Waals surface area (Å²) < 4.78 is 1.68. The second-order valence-electron chi connectivity index (χ2n) is 6.13. The summed E-state index contributed by atoms with van der Waals surface area (Å²) in [5.74, 6) is -0.172. The Labute approximate surface area is 143 Å². The lowest BCUT2D eigenvalue weighted by Gasteiger charge is -2.31. The molecule has 0 aliphatic heterocycles. The van der Waals surface area contributed by atoms with Crippen LogP contribution < -0.4 is 5.32 Å². The van der Waals surface area contributed by atoms with Gasteiger partial charge in [0.15, 0.2) is 0 Å². The van der Waals surface area contributed by atoms with Crippen molar-refractivity contribution in [2.24, 2.45) is 0 Å². The highest BCUT2D eigenvalue weighted by Crippen LogP contribution is 2.31. The molecular formula is C17H18N6O2. The number of amides is 1. The lowest BCUT2D eigenvalue weighted by atomic mass is 9.89. The van der Waals surface area contributed by atoms with E-state index in [-0.39, 0.29) is 18.1 Å². The maximum absolute atomic E-state index is 12.2. The molecule has 1 amide bonds. The molecule has 8 nitrogen and oxygen atoms in total.